The Morgan fingerprint density at radius 1 is 1.58 bits per heavy atom. The Hall–Kier alpha value is -0.600. The Balaban J connectivity index is 2.94. The van der Waals surface area contributed by atoms with Crippen molar-refractivity contribution < 1.29 is 5.11 Å². The Morgan fingerprint density at radius 2 is 2.25 bits per heavy atom. The van der Waals surface area contributed by atoms with E-state index < -0.39 is 5.60 Å². The highest BCUT2D eigenvalue weighted by Gasteiger charge is 2.20. The number of hydrogen-bond acceptors (Lipinski definition) is 2. The number of thiophene rings is 1. The summed E-state index contributed by atoms with van der Waals surface area (Å²) < 4.78 is 0. The van der Waals surface area contributed by atoms with E-state index in [1.165, 1.54) is 0 Å². The molecule has 1 unspecified atom stereocenters. The lowest BCUT2D eigenvalue weighted by molar-refractivity contribution is 0.114. The van der Waals surface area contributed by atoms with Gasteiger partial charge in [0.15, 0.2) is 0 Å². The van der Waals surface area contributed by atoms with Gasteiger partial charge in [-0.3, -0.25) is 0 Å². The van der Waals surface area contributed by atoms with Crippen molar-refractivity contribution >= 4 is 11.3 Å². The zero-order valence-electron chi connectivity index (χ0n) is 7.66. The molecule has 12 heavy (non-hydrogen) atoms. The van der Waals surface area contributed by atoms with Gasteiger partial charge in [0.1, 0.15) is 5.60 Å². The molecule has 2 heteroatoms. The van der Waals surface area contributed by atoms with Gasteiger partial charge in [-0.25, -0.2) is 0 Å². The maximum absolute atomic E-state index is 9.98. The smallest absolute Gasteiger partial charge is 0.114 e. The highest BCUT2D eigenvalue weighted by atomic mass is 32.1. The third-order valence-corrected chi connectivity index (χ3v) is 2.69. The molecule has 0 radical (unpaired) electrons. The molecule has 1 aromatic rings. The zero-order valence-corrected chi connectivity index (χ0v) is 8.48. The highest BCUT2D eigenvalue weighted by Crippen LogP contribution is 2.27. The van der Waals surface area contributed by atoms with E-state index in [1.54, 1.807) is 11.3 Å². The van der Waals surface area contributed by atoms with Crippen molar-refractivity contribution in [1.82, 2.24) is 0 Å². The van der Waals surface area contributed by atoms with Crippen LogP contribution in [0.5, 0.6) is 0 Å². The monoisotopic (exact) mass is 182 g/mol. The van der Waals surface area contributed by atoms with Crippen molar-refractivity contribution in [2.24, 2.45) is 0 Å². The van der Waals surface area contributed by atoms with Crippen LogP contribution >= 0.6 is 11.3 Å². The Morgan fingerprint density at radius 3 is 2.67 bits per heavy atom. The molecule has 0 saturated carbocycles. The molecule has 0 saturated heterocycles. The van der Waals surface area contributed by atoms with Crippen LogP contribution in [-0.4, -0.2) is 5.11 Å². The lowest BCUT2D eigenvalue weighted by Gasteiger charge is -2.17. The number of rotatable bonds is 2. The van der Waals surface area contributed by atoms with Crippen LogP contribution in [0, 0.1) is 0 Å². The number of aliphatic hydroxyl groups is 1. The molecule has 0 aliphatic rings. The molecule has 0 fully saturated rings. The molecule has 0 spiro atoms. The Kier molecular flexibility index (Phi) is 2.70. The summed E-state index contributed by atoms with van der Waals surface area (Å²) in [5, 5.41) is 12.0. The lowest BCUT2D eigenvalue weighted by Crippen LogP contribution is -2.16. The van der Waals surface area contributed by atoms with E-state index in [9.17, 15) is 5.11 Å². The predicted octanol–water partition coefficient (Wildman–Crippen LogP) is 2.92. The molecule has 1 aromatic heterocycles. The second kappa shape index (κ2) is 3.42. The highest BCUT2D eigenvalue weighted by molar-refractivity contribution is 7.10. The fourth-order valence-corrected chi connectivity index (χ4v) is 1.96. The molecule has 66 valence electrons. The first kappa shape index (κ1) is 9.49. The first-order chi connectivity index (χ1) is 5.52. The van der Waals surface area contributed by atoms with Crippen molar-refractivity contribution in [2.75, 3.05) is 0 Å². The average Bonchev–Trinajstić information content (AvgIpc) is 2.32. The van der Waals surface area contributed by atoms with Crippen LogP contribution in [0.1, 0.15) is 25.6 Å². The SMILES string of the molecule is CC(C)=CC(C)(O)c1cccs1. The number of allylic oxidation sites excluding steroid dienone is 1. The summed E-state index contributed by atoms with van der Waals surface area (Å²) in [7, 11) is 0. The van der Waals surface area contributed by atoms with Crippen LogP contribution in [-0.2, 0) is 5.60 Å². The molecule has 0 aliphatic heterocycles. The van der Waals surface area contributed by atoms with Crippen molar-refractivity contribution in [3.05, 3.63) is 34.0 Å². The fraction of sp³-hybridized carbons (Fsp3) is 0.400. The molecule has 0 amide bonds. The molecule has 1 nitrogen and oxygen atoms in total. The summed E-state index contributed by atoms with van der Waals surface area (Å²) in [5.74, 6) is 0. The number of hydrogen-bond donors (Lipinski definition) is 1. The normalized spacial score (nSPS) is 15.3. The van der Waals surface area contributed by atoms with Crippen LogP contribution in [0.25, 0.3) is 0 Å². The minimum Gasteiger partial charge on any atom is -0.380 e. The molecule has 0 aromatic carbocycles. The maximum atomic E-state index is 9.98. The van der Waals surface area contributed by atoms with Gasteiger partial charge in [0.2, 0.25) is 0 Å². The lowest BCUT2D eigenvalue weighted by atomic mass is 10.0. The van der Waals surface area contributed by atoms with Crippen LogP contribution in [0.2, 0.25) is 0 Å². The largest absolute Gasteiger partial charge is 0.380 e. The predicted molar refractivity (Wildman–Crippen MR) is 53.3 cm³/mol. The Bertz CT molecular complexity index is 266. The van der Waals surface area contributed by atoms with Gasteiger partial charge in [0, 0.05) is 4.88 Å². The van der Waals surface area contributed by atoms with E-state index >= 15 is 0 Å². The first-order valence-electron chi connectivity index (χ1n) is 3.95. The van der Waals surface area contributed by atoms with Gasteiger partial charge in [-0.1, -0.05) is 11.6 Å². The topological polar surface area (TPSA) is 20.2 Å². The quantitative estimate of drug-likeness (QED) is 0.697. The summed E-state index contributed by atoms with van der Waals surface area (Å²) in [6, 6.07) is 3.90. The van der Waals surface area contributed by atoms with E-state index in [-0.39, 0.29) is 0 Å². The summed E-state index contributed by atoms with van der Waals surface area (Å²) in [5.41, 5.74) is 0.334. The molecular formula is C10H14OS. The third kappa shape index (κ3) is 2.19. The van der Waals surface area contributed by atoms with Crippen molar-refractivity contribution in [3.63, 3.8) is 0 Å². The van der Waals surface area contributed by atoms with Crippen LogP contribution in [0.15, 0.2) is 29.2 Å². The van der Waals surface area contributed by atoms with Gasteiger partial charge in [0.25, 0.3) is 0 Å². The van der Waals surface area contributed by atoms with E-state index in [1.807, 2.05) is 44.4 Å². The summed E-state index contributed by atoms with van der Waals surface area (Å²) >= 11 is 1.58. The molecule has 1 rings (SSSR count). The van der Waals surface area contributed by atoms with Gasteiger partial charge in [-0.05, 0) is 38.3 Å². The van der Waals surface area contributed by atoms with E-state index in [0.717, 1.165) is 10.5 Å². The summed E-state index contributed by atoms with van der Waals surface area (Å²) in [4.78, 5) is 0.990. The van der Waals surface area contributed by atoms with Gasteiger partial charge < -0.3 is 5.11 Å². The van der Waals surface area contributed by atoms with Crippen LogP contribution in [0.4, 0.5) is 0 Å². The molecule has 0 aliphatic carbocycles. The average molecular weight is 182 g/mol. The molecule has 1 heterocycles. The fourth-order valence-electron chi connectivity index (χ4n) is 1.20. The second-order valence-electron chi connectivity index (χ2n) is 3.35. The van der Waals surface area contributed by atoms with Gasteiger partial charge in [-0.15, -0.1) is 11.3 Å². The summed E-state index contributed by atoms with van der Waals surface area (Å²) in [6.07, 6.45) is 1.87. The summed E-state index contributed by atoms with van der Waals surface area (Å²) in [6.45, 7) is 5.79. The molecule has 0 bridgehead atoms. The molecule has 1 N–H and O–H groups in total. The van der Waals surface area contributed by atoms with E-state index in [2.05, 4.69) is 0 Å². The van der Waals surface area contributed by atoms with E-state index in [0.29, 0.717) is 0 Å². The first-order valence-corrected chi connectivity index (χ1v) is 4.83. The second-order valence-corrected chi connectivity index (χ2v) is 4.29. The zero-order chi connectivity index (χ0) is 9.19. The minimum atomic E-state index is -0.799. The van der Waals surface area contributed by atoms with Gasteiger partial charge in [0.05, 0.1) is 0 Å². The van der Waals surface area contributed by atoms with Crippen LogP contribution < -0.4 is 0 Å². The van der Waals surface area contributed by atoms with Crippen LogP contribution in [0.3, 0.4) is 0 Å². The Labute approximate surface area is 77.4 Å². The van der Waals surface area contributed by atoms with E-state index in [4.69, 9.17) is 0 Å². The van der Waals surface area contributed by atoms with Gasteiger partial charge >= 0.3 is 0 Å². The minimum absolute atomic E-state index is 0.799. The standard InChI is InChI=1S/C10H14OS/c1-8(2)7-10(3,11)9-5-4-6-12-9/h4-7,11H,1-3H3. The molecule has 1 atom stereocenters. The maximum Gasteiger partial charge on any atom is 0.114 e. The van der Waals surface area contributed by atoms with Gasteiger partial charge in [-0.2, -0.15) is 0 Å². The third-order valence-electron chi connectivity index (χ3n) is 1.59. The van der Waals surface area contributed by atoms with Crippen molar-refractivity contribution in [2.45, 2.75) is 26.4 Å². The van der Waals surface area contributed by atoms with Crippen molar-refractivity contribution in [3.8, 4) is 0 Å². The van der Waals surface area contributed by atoms with Crippen molar-refractivity contribution in [1.29, 1.82) is 0 Å². The molecular weight excluding hydrogens is 168 g/mol.